The Morgan fingerprint density at radius 2 is 1.88 bits per heavy atom. The highest BCUT2D eigenvalue weighted by molar-refractivity contribution is 6.30. The molecule has 2 amide bonds. The summed E-state index contributed by atoms with van der Waals surface area (Å²) in [6.07, 6.45) is 5.57. The van der Waals surface area contributed by atoms with Crippen molar-refractivity contribution < 1.29 is 18.7 Å². The normalized spacial score (nSPS) is 11.7. The van der Waals surface area contributed by atoms with Crippen molar-refractivity contribution in [2.75, 3.05) is 12.4 Å². The van der Waals surface area contributed by atoms with E-state index in [1.807, 2.05) is 30.3 Å². The Bertz CT molecular complexity index is 1770. The number of nitrogens with one attached hydrogen (secondary N) is 2. The molecule has 2 aromatic heterocycles. The van der Waals surface area contributed by atoms with Crippen LogP contribution in [-0.2, 0) is 16.0 Å². The van der Waals surface area contributed by atoms with E-state index in [4.69, 9.17) is 11.6 Å². The lowest BCUT2D eigenvalue weighted by molar-refractivity contribution is -0.117. The first kappa shape index (κ1) is 29.0. The Kier molecular flexibility index (Phi) is 9.08. The van der Waals surface area contributed by atoms with Gasteiger partial charge in [0.05, 0.1) is 36.4 Å². The van der Waals surface area contributed by atoms with Crippen molar-refractivity contribution in [3.8, 4) is 16.8 Å². The van der Waals surface area contributed by atoms with E-state index in [9.17, 15) is 14.0 Å². The Morgan fingerprint density at radius 1 is 1.05 bits per heavy atom. The summed E-state index contributed by atoms with van der Waals surface area (Å²) < 4.78 is 20.7. The third kappa shape index (κ3) is 7.43. The maximum Gasteiger partial charge on any atom is 0.411 e. The van der Waals surface area contributed by atoms with Crippen molar-refractivity contribution in [1.82, 2.24) is 35.7 Å². The number of methoxy groups -OCH3 is 1. The first-order chi connectivity index (χ1) is 20.9. The number of nitrogens with zero attached hydrogens (tertiary/aromatic N) is 6. The minimum atomic E-state index is -0.782. The highest BCUT2D eigenvalue weighted by Crippen LogP contribution is 2.27. The second-order valence-electron chi connectivity index (χ2n) is 9.22. The van der Waals surface area contributed by atoms with Gasteiger partial charge in [-0.05, 0) is 70.4 Å². The molecule has 2 heterocycles. The maximum atomic E-state index is 14.7. The highest BCUT2D eigenvalue weighted by Gasteiger charge is 2.18. The zero-order chi connectivity index (χ0) is 30.2. The van der Waals surface area contributed by atoms with Crippen molar-refractivity contribution in [2.45, 2.75) is 12.5 Å². The van der Waals surface area contributed by atoms with Crippen LogP contribution in [0.1, 0.15) is 22.9 Å². The molecule has 11 nitrogen and oxygen atoms in total. The number of halogens is 2. The number of hydrogen-bond acceptors (Lipinski definition) is 8. The van der Waals surface area contributed by atoms with Crippen LogP contribution in [0, 0.1) is 5.82 Å². The molecule has 0 aliphatic heterocycles. The Morgan fingerprint density at radius 3 is 2.63 bits per heavy atom. The molecule has 2 N–H and O–H groups in total. The van der Waals surface area contributed by atoms with E-state index in [0.717, 1.165) is 5.56 Å². The maximum absolute atomic E-state index is 14.7. The quantitative estimate of drug-likeness (QED) is 0.221. The van der Waals surface area contributed by atoms with Crippen molar-refractivity contribution in [1.29, 1.82) is 0 Å². The molecule has 216 valence electrons. The van der Waals surface area contributed by atoms with Gasteiger partial charge < -0.3 is 10.1 Å². The van der Waals surface area contributed by atoms with Crippen LogP contribution in [0.25, 0.3) is 22.9 Å². The Hall–Kier alpha value is -5.49. The predicted molar refractivity (Wildman–Crippen MR) is 158 cm³/mol. The van der Waals surface area contributed by atoms with Crippen LogP contribution < -0.4 is 10.6 Å². The van der Waals surface area contributed by atoms with Gasteiger partial charge in [-0.3, -0.25) is 10.1 Å². The number of tetrazole rings is 1. The number of hydrogen-bond donors (Lipinski definition) is 2. The molecule has 0 aliphatic rings. The monoisotopic (exact) mass is 598 g/mol. The molecule has 5 aromatic rings. The van der Waals surface area contributed by atoms with Crippen LogP contribution in [0.5, 0.6) is 0 Å². The minimum absolute atomic E-state index is 0.0261. The minimum Gasteiger partial charge on any atom is -0.453 e. The number of amides is 2. The van der Waals surface area contributed by atoms with E-state index in [-0.39, 0.29) is 11.6 Å². The van der Waals surface area contributed by atoms with E-state index in [2.05, 4.69) is 41.1 Å². The Balaban J connectivity index is 1.41. The largest absolute Gasteiger partial charge is 0.453 e. The lowest BCUT2D eigenvalue weighted by Gasteiger charge is -2.18. The summed E-state index contributed by atoms with van der Waals surface area (Å²) in [6.45, 7) is 0. The summed E-state index contributed by atoms with van der Waals surface area (Å²) in [6, 6.07) is 20.2. The summed E-state index contributed by atoms with van der Waals surface area (Å²) in [4.78, 5) is 24.7. The molecule has 0 aliphatic carbocycles. The predicted octanol–water partition coefficient (Wildman–Crippen LogP) is 5.20. The van der Waals surface area contributed by atoms with Gasteiger partial charge in [0.2, 0.25) is 5.91 Å². The lowest BCUT2D eigenvalue weighted by atomic mass is 10.00. The third-order valence-corrected chi connectivity index (χ3v) is 6.59. The highest BCUT2D eigenvalue weighted by atomic mass is 35.5. The molecule has 13 heteroatoms. The van der Waals surface area contributed by atoms with Crippen molar-refractivity contribution in [3.05, 3.63) is 119 Å². The number of anilines is 1. The van der Waals surface area contributed by atoms with E-state index in [1.54, 1.807) is 36.4 Å². The number of carbonyl (C=O) groups is 2. The Labute approximate surface area is 250 Å². The number of aromatic nitrogens is 6. The van der Waals surface area contributed by atoms with Gasteiger partial charge in [0.15, 0.2) is 0 Å². The standard InChI is InChI=1S/C30H24ClFN8O3/c1-43-30(42)36-25-10-7-20(15-24(25)32)22-16-27(37-33-17-22)26(13-19-5-3-2-4-6-19)35-29(41)12-8-21-14-23(31)9-11-28(21)40-18-34-38-39-40/h2-12,14-18,26H,13H2,1H3,(H,35,41)(H,36,42). The van der Waals surface area contributed by atoms with Crippen LogP contribution in [0.15, 0.2) is 91.4 Å². The van der Waals surface area contributed by atoms with Crippen molar-refractivity contribution >= 4 is 35.4 Å². The number of carbonyl (C=O) groups excluding carboxylic acids is 2. The average molecular weight is 599 g/mol. The molecule has 0 fully saturated rings. The molecule has 0 spiro atoms. The number of ether oxygens (including phenoxy) is 1. The van der Waals surface area contributed by atoms with E-state index >= 15 is 0 Å². The van der Waals surface area contributed by atoms with E-state index < -0.39 is 18.0 Å². The summed E-state index contributed by atoms with van der Waals surface area (Å²) in [5.41, 5.74) is 3.75. The van der Waals surface area contributed by atoms with E-state index in [1.165, 1.54) is 42.5 Å². The average Bonchev–Trinajstić information content (AvgIpc) is 3.56. The first-order valence-corrected chi connectivity index (χ1v) is 13.3. The fourth-order valence-electron chi connectivity index (χ4n) is 4.27. The molecule has 0 saturated heterocycles. The van der Waals surface area contributed by atoms with Gasteiger partial charge in [0.1, 0.15) is 12.1 Å². The molecular weight excluding hydrogens is 575 g/mol. The fourth-order valence-corrected chi connectivity index (χ4v) is 4.45. The fraction of sp³-hybridized carbons (Fsp3) is 0.100. The molecule has 3 aromatic carbocycles. The topological polar surface area (TPSA) is 137 Å². The van der Waals surface area contributed by atoms with Gasteiger partial charge in [-0.25, -0.2) is 9.18 Å². The third-order valence-electron chi connectivity index (χ3n) is 6.35. The lowest BCUT2D eigenvalue weighted by Crippen LogP contribution is -2.29. The van der Waals surface area contributed by atoms with Gasteiger partial charge in [0.25, 0.3) is 0 Å². The van der Waals surface area contributed by atoms with Crippen LogP contribution in [0.2, 0.25) is 5.02 Å². The van der Waals surface area contributed by atoms with Gasteiger partial charge >= 0.3 is 6.09 Å². The summed E-state index contributed by atoms with van der Waals surface area (Å²) >= 11 is 6.20. The van der Waals surface area contributed by atoms with Crippen LogP contribution in [-0.4, -0.2) is 49.5 Å². The number of benzene rings is 3. The smallest absolute Gasteiger partial charge is 0.411 e. The van der Waals surface area contributed by atoms with E-state index in [0.29, 0.717) is 39.5 Å². The molecule has 5 rings (SSSR count). The van der Waals surface area contributed by atoms with Gasteiger partial charge in [-0.15, -0.1) is 5.10 Å². The number of rotatable bonds is 9. The second-order valence-corrected chi connectivity index (χ2v) is 9.66. The van der Waals surface area contributed by atoms with Crippen LogP contribution in [0.3, 0.4) is 0 Å². The summed E-state index contributed by atoms with van der Waals surface area (Å²) in [5, 5.41) is 25.5. The van der Waals surface area contributed by atoms with Gasteiger partial charge in [-0.2, -0.15) is 14.9 Å². The second kappa shape index (κ2) is 13.4. The zero-order valence-corrected chi connectivity index (χ0v) is 23.4. The SMILES string of the molecule is COC(=O)Nc1ccc(-c2cnnc(C(Cc3ccccc3)NC(=O)C=Cc3cc(Cl)ccc3-n3cnnn3)c2)cc1F. The van der Waals surface area contributed by atoms with Crippen molar-refractivity contribution in [3.63, 3.8) is 0 Å². The molecule has 1 unspecified atom stereocenters. The van der Waals surface area contributed by atoms with Crippen molar-refractivity contribution in [2.24, 2.45) is 0 Å². The van der Waals surface area contributed by atoms with Crippen LogP contribution >= 0.6 is 11.6 Å². The van der Waals surface area contributed by atoms with Gasteiger partial charge in [-0.1, -0.05) is 48.0 Å². The molecule has 1 atom stereocenters. The summed E-state index contributed by atoms with van der Waals surface area (Å²) in [7, 11) is 1.19. The molecule has 0 radical (unpaired) electrons. The first-order valence-electron chi connectivity index (χ1n) is 12.9. The molecule has 43 heavy (non-hydrogen) atoms. The van der Waals surface area contributed by atoms with Gasteiger partial charge in [0, 0.05) is 22.2 Å². The molecule has 0 bridgehead atoms. The summed E-state index contributed by atoms with van der Waals surface area (Å²) in [5.74, 6) is -1.04. The molecule has 0 saturated carbocycles. The molecular formula is C30H24ClFN8O3. The van der Waals surface area contributed by atoms with Crippen LogP contribution in [0.4, 0.5) is 14.9 Å². The zero-order valence-electron chi connectivity index (χ0n) is 22.7.